The van der Waals surface area contributed by atoms with Gasteiger partial charge in [-0.15, -0.1) is 11.3 Å². The Hall–Kier alpha value is -2.86. The van der Waals surface area contributed by atoms with Crippen molar-refractivity contribution in [2.45, 2.75) is 6.54 Å². The molecule has 178 valence electrons. The fourth-order valence-corrected chi connectivity index (χ4v) is 5.55. The predicted octanol–water partition coefficient (Wildman–Crippen LogP) is 6.73. The van der Waals surface area contributed by atoms with Crippen molar-refractivity contribution in [1.29, 1.82) is 5.26 Å². The van der Waals surface area contributed by atoms with Crippen molar-refractivity contribution < 1.29 is 9.47 Å². The summed E-state index contributed by atoms with van der Waals surface area (Å²) in [6, 6.07) is 13.9. The number of hydrogen-bond donors (Lipinski definition) is 1. The molecule has 0 atom stereocenters. The molecular weight excluding hydrogens is 503 g/mol. The minimum absolute atomic E-state index is 0.413. The van der Waals surface area contributed by atoms with E-state index in [1.54, 1.807) is 36.8 Å². The van der Waals surface area contributed by atoms with E-state index in [0.717, 1.165) is 54.9 Å². The van der Waals surface area contributed by atoms with E-state index in [9.17, 15) is 5.26 Å². The summed E-state index contributed by atoms with van der Waals surface area (Å²) in [5.41, 5.74) is 4.66. The number of nitrogens with zero attached hydrogens (tertiary/aromatic N) is 3. The molecule has 0 aliphatic carbocycles. The predicted molar refractivity (Wildman–Crippen MR) is 142 cm³/mol. The number of morpholine rings is 1. The number of fused-ring (bicyclic) bond motifs is 1. The topological polar surface area (TPSA) is 70.4 Å². The van der Waals surface area contributed by atoms with E-state index in [2.05, 4.69) is 38.8 Å². The molecule has 6 nitrogen and oxygen atoms in total. The van der Waals surface area contributed by atoms with Gasteiger partial charge in [-0.2, -0.15) is 5.26 Å². The van der Waals surface area contributed by atoms with Gasteiger partial charge in [-0.1, -0.05) is 35.3 Å². The number of hydrogen-bond acceptors (Lipinski definition) is 7. The number of aromatic nitrogens is 1. The highest BCUT2D eigenvalue weighted by atomic mass is 35.5. The Bertz CT molecular complexity index is 1430. The Morgan fingerprint density at radius 2 is 1.97 bits per heavy atom. The lowest BCUT2D eigenvalue weighted by Crippen LogP contribution is -2.35. The molecule has 1 aliphatic heterocycles. The number of ether oxygens (including phenoxy) is 2. The number of benzene rings is 2. The van der Waals surface area contributed by atoms with Gasteiger partial charge >= 0.3 is 0 Å². The van der Waals surface area contributed by atoms with Crippen molar-refractivity contribution >= 4 is 56.8 Å². The minimum Gasteiger partial charge on any atom is -0.495 e. The third kappa shape index (κ3) is 5.08. The van der Waals surface area contributed by atoms with Crippen molar-refractivity contribution in [3.8, 4) is 22.9 Å². The maximum Gasteiger partial charge on any atom is 0.139 e. The molecule has 2 aromatic carbocycles. The molecule has 35 heavy (non-hydrogen) atoms. The van der Waals surface area contributed by atoms with Gasteiger partial charge in [0, 0.05) is 42.2 Å². The lowest BCUT2D eigenvalue weighted by molar-refractivity contribution is 0.0346. The van der Waals surface area contributed by atoms with Crippen molar-refractivity contribution in [3.05, 3.63) is 68.5 Å². The monoisotopic (exact) mass is 524 g/mol. The van der Waals surface area contributed by atoms with Crippen molar-refractivity contribution in [2.24, 2.45) is 0 Å². The third-order valence-electron chi connectivity index (χ3n) is 5.96. The second kappa shape index (κ2) is 10.4. The molecule has 5 rings (SSSR count). The minimum atomic E-state index is 0.413. The molecule has 4 aromatic rings. The summed E-state index contributed by atoms with van der Waals surface area (Å²) in [5, 5.41) is 16.9. The van der Waals surface area contributed by atoms with Crippen LogP contribution in [-0.4, -0.2) is 43.3 Å². The smallest absolute Gasteiger partial charge is 0.139 e. The van der Waals surface area contributed by atoms with Gasteiger partial charge in [-0.25, -0.2) is 0 Å². The maximum absolute atomic E-state index is 9.72. The zero-order valence-electron chi connectivity index (χ0n) is 19.0. The van der Waals surface area contributed by atoms with Crippen LogP contribution in [0.1, 0.15) is 10.4 Å². The van der Waals surface area contributed by atoms with E-state index in [4.69, 9.17) is 32.7 Å². The largest absolute Gasteiger partial charge is 0.495 e. The van der Waals surface area contributed by atoms with Gasteiger partial charge in [0.05, 0.1) is 52.8 Å². The van der Waals surface area contributed by atoms with Crippen LogP contribution in [0.4, 0.5) is 11.4 Å². The maximum atomic E-state index is 9.72. The summed E-state index contributed by atoms with van der Waals surface area (Å²) in [6.45, 7) is 4.46. The standard InChI is InChI=1S/C26H22Cl2N4O2S/c1-33-25-11-24(21(27)10-22(25)28)31-26-18(12-29)13-30-23-9-16(2-3-20(23)26)17-8-19(35-15-17)14-32-4-6-34-7-5-32/h2-3,8-11,13,15H,4-7,14H2,1H3,(H,30,31). The van der Waals surface area contributed by atoms with E-state index in [-0.39, 0.29) is 0 Å². The summed E-state index contributed by atoms with van der Waals surface area (Å²) in [5.74, 6) is 0.489. The van der Waals surface area contributed by atoms with Gasteiger partial charge in [0.1, 0.15) is 11.8 Å². The van der Waals surface area contributed by atoms with Gasteiger partial charge in [-0.05, 0) is 34.7 Å². The number of rotatable bonds is 6. The van der Waals surface area contributed by atoms with Crippen molar-refractivity contribution in [2.75, 3.05) is 38.7 Å². The van der Waals surface area contributed by atoms with Gasteiger partial charge in [0.25, 0.3) is 0 Å². The highest BCUT2D eigenvalue weighted by molar-refractivity contribution is 7.10. The number of nitrogens with one attached hydrogen (secondary N) is 1. The summed E-state index contributed by atoms with van der Waals surface area (Å²) in [7, 11) is 1.54. The van der Waals surface area contributed by atoms with Gasteiger partial charge in [-0.3, -0.25) is 9.88 Å². The van der Waals surface area contributed by atoms with Gasteiger partial charge < -0.3 is 14.8 Å². The zero-order chi connectivity index (χ0) is 24.4. The number of thiophene rings is 1. The summed E-state index contributed by atoms with van der Waals surface area (Å²) < 4.78 is 10.8. The van der Waals surface area contributed by atoms with Gasteiger partial charge in [0.2, 0.25) is 0 Å². The van der Waals surface area contributed by atoms with E-state index in [0.29, 0.717) is 32.7 Å². The molecule has 0 radical (unpaired) electrons. The molecule has 0 saturated carbocycles. The molecule has 0 unspecified atom stereocenters. The van der Waals surface area contributed by atoms with Crippen LogP contribution in [0.3, 0.4) is 0 Å². The summed E-state index contributed by atoms with van der Waals surface area (Å²) >= 11 is 14.4. The Morgan fingerprint density at radius 1 is 1.14 bits per heavy atom. The Morgan fingerprint density at radius 3 is 2.74 bits per heavy atom. The third-order valence-corrected chi connectivity index (χ3v) is 7.49. The fraction of sp³-hybridized carbons (Fsp3) is 0.231. The lowest BCUT2D eigenvalue weighted by atomic mass is 10.0. The van der Waals surface area contributed by atoms with Crippen LogP contribution in [0, 0.1) is 11.3 Å². The molecule has 1 fully saturated rings. The molecule has 2 aromatic heterocycles. The number of anilines is 2. The molecule has 0 amide bonds. The first-order chi connectivity index (χ1) is 17.1. The van der Waals surface area contributed by atoms with E-state index in [1.165, 1.54) is 4.88 Å². The second-order valence-corrected chi connectivity index (χ2v) is 9.98. The Balaban J connectivity index is 1.47. The molecule has 1 N–H and O–H groups in total. The van der Waals surface area contributed by atoms with E-state index in [1.807, 2.05) is 12.1 Å². The molecule has 1 aliphatic rings. The van der Waals surface area contributed by atoms with Gasteiger partial charge in [0.15, 0.2) is 0 Å². The number of halogens is 2. The van der Waals surface area contributed by atoms with Crippen LogP contribution in [0.5, 0.6) is 5.75 Å². The first kappa shape index (κ1) is 23.9. The first-order valence-electron chi connectivity index (χ1n) is 11.1. The number of nitriles is 1. The normalized spacial score (nSPS) is 14.1. The highest BCUT2D eigenvalue weighted by Gasteiger charge is 2.16. The molecule has 3 heterocycles. The van der Waals surface area contributed by atoms with Crippen LogP contribution in [0.2, 0.25) is 10.0 Å². The lowest BCUT2D eigenvalue weighted by Gasteiger charge is -2.25. The van der Waals surface area contributed by atoms with Crippen LogP contribution in [0.15, 0.2) is 48.0 Å². The number of methoxy groups -OCH3 is 1. The van der Waals surface area contributed by atoms with Crippen LogP contribution in [0.25, 0.3) is 22.0 Å². The van der Waals surface area contributed by atoms with E-state index >= 15 is 0 Å². The second-order valence-electron chi connectivity index (χ2n) is 8.17. The van der Waals surface area contributed by atoms with Crippen LogP contribution in [-0.2, 0) is 11.3 Å². The Kier molecular flexibility index (Phi) is 7.09. The summed E-state index contributed by atoms with van der Waals surface area (Å²) in [4.78, 5) is 8.29. The SMILES string of the molecule is COc1cc(Nc2c(C#N)cnc3cc(-c4csc(CN5CCOCC5)c4)ccc23)c(Cl)cc1Cl. The zero-order valence-corrected chi connectivity index (χ0v) is 21.3. The van der Waals surface area contributed by atoms with Crippen molar-refractivity contribution in [3.63, 3.8) is 0 Å². The van der Waals surface area contributed by atoms with E-state index < -0.39 is 0 Å². The highest BCUT2D eigenvalue weighted by Crippen LogP contribution is 2.38. The molecular formula is C26H22Cl2N4O2S. The van der Waals surface area contributed by atoms with Crippen LogP contribution >= 0.6 is 34.5 Å². The number of pyridine rings is 1. The molecule has 0 spiro atoms. The molecule has 9 heteroatoms. The quantitative estimate of drug-likeness (QED) is 0.301. The Labute approximate surface area is 217 Å². The molecule has 0 bridgehead atoms. The van der Waals surface area contributed by atoms with Crippen LogP contribution < -0.4 is 10.1 Å². The van der Waals surface area contributed by atoms with Crippen molar-refractivity contribution in [1.82, 2.24) is 9.88 Å². The average molecular weight is 525 g/mol. The fourth-order valence-electron chi connectivity index (χ4n) is 4.10. The summed E-state index contributed by atoms with van der Waals surface area (Å²) in [6.07, 6.45) is 1.58. The average Bonchev–Trinajstić information content (AvgIpc) is 3.34. The molecule has 1 saturated heterocycles. The first-order valence-corrected chi connectivity index (χ1v) is 12.7.